The molecule has 31 heavy (non-hydrogen) atoms. The molecule has 0 spiro atoms. The molecule has 3 aromatic carbocycles. The summed E-state index contributed by atoms with van der Waals surface area (Å²) in [7, 11) is -3.98. The fourth-order valence-electron chi connectivity index (χ4n) is 3.59. The SMILES string of the molecule is O=C1CS(=O)(=O)N(Cc2ccccc2)c2ccccc2C1C(=O)Nc1ccc(Cl)cc1. The highest BCUT2D eigenvalue weighted by atomic mass is 35.5. The first-order valence-electron chi connectivity index (χ1n) is 9.57. The number of para-hydroxylation sites is 1. The normalized spacial score (nSPS) is 17.5. The van der Waals surface area contributed by atoms with Gasteiger partial charge in [0.2, 0.25) is 15.9 Å². The largest absolute Gasteiger partial charge is 0.325 e. The first-order valence-corrected chi connectivity index (χ1v) is 11.6. The van der Waals surface area contributed by atoms with Crippen molar-refractivity contribution in [3.63, 3.8) is 0 Å². The number of hydrogen-bond acceptors (Lipinski definition) is 4. The van der Waals surface area contributed by atoms with E-state index in [-0.39, 0.29) is 6.54 Å². The van der Waals surface area contributed by atoms with E-state index >= 15 is 0 Å². The summed E-state index contributed by atoms with van der Waals surface area (Å²) in [5.41, 5.74) is 1.93. The van der Waals surface area contributed by atoms with Gasteiger partial charge in [0.1, 0.15) is 11.7 Å². The van der Waals surface area contributed by atoms with Crippen LogP contribution in [0.4, 0.5) is 11.4 Å². The molecule has 0 fully saturated rings. The van der Waals surface area contributed by atoms with Crippen LogP contribution in [0, 0.1) is 0 Å². The Morgan fingerprint density at radius 2 is 1.61 bits per heavy atom. The maximum Gasteiger partial charge on any atom is 0.242 e. The molecule has 0 radical (unpaired) electrons. The van der Waals surface area contributed by atoms with Crippen molar-refractivity contribution in [1.29, 1.82) is 0 Å². The molecule has 0 saturated heterocycles. The number of halogens is 1. The Morgan fingerprint density at radius 3 is 2.32 bits per heavy atom. The van der Waals surface area contributed by atoms with Crippen molar-refractivity contribution in [2.24, 2.45) is 0 Å². The number of hydrogen-bond donors (Lipinski definition) is 1. The van der Waals surface area contributed by atoms with Crippen LogP contribution < -0.4 is 9.62 Å². The molecule has 1 atom stereocenters. The lowest BCUT2D eigenvalue weighted by molar-refractivity contribution is -0.126. The van der Waals surface area contributed by atoms with E-state index in [9.17, 15) is 18.0 Å². The van der Waals surface area contributed by atoms with E-state index in [4.69, 9.17) is 11.6 Å². The predicted octanol–water partition coefficient (Wildman–Crippen LogP) is 3.98. The Labute approximate surface area is 185 Å². The summed E-state index contributed by atoms with van der Waals surface area (Å²) in [6, 6.07) is 22.2. The highest BCUT2D eigenvalue weighted by Crippen LogP contribution is 2.36. The van der Waals surface area contributed by atoms with E-state index in [1.54, 1.807) is 48.5 Å². The molecule has 6 nitrogen and oxygen atoms in total. The molecule has 1 aliphatic heterocycles. The van der Waals surface area contributed by atoms with Crippen LogP contribution >= 0.6 is 11.6 Å². The minimum Gasteiger partial charge on any atom is -0.325 e. The number of sulfonamides is 1. The second kappa shape index (κ2) is 8.53. The molecule has 1 N–H and O–H groups in total. The van der Waals surface area contributed by atoms with Gasteiger partial charge in [-0.1, -0.05) is 60.1 Å². The third-order valence-corrected chi connectivity index (χ3v) is 6.94. The van der Waals surface area contributed by atoms with Crippen LogP contribution in [0.15, 0.2) is 78.9 Å². The molecule has 3 aromatic rings. The molecule has 1 heterocycles. The van der Waals surface area contributed by atoms with Gasteiger partial charge < -0.3 is 5.32 Å². The molecule has 0 aliphatic carbocycles. The first-order chi connectivity index (χ1) is 14.8. The number of ketones is 1. The predicted molar refractivity (Wildman–Crippen MR) is 121 cm³/mol. The maximum absolute atomic E-state index is 13.1. The van der Waals surface area contributed by atoms with Crippen molar-refractivity contribution in [1.82, 2.24) is 0 Å². The fraction of sp³-hybridized carbons (Fsp3) is 0.130. The summed E-state index contributed by atoms with van der Waals surface area (Å²) in [4.78, 5) is 26.1. The zero-order valence-electron chi connectivity index (χ0n) is 16.4. The van der Waals surface area contributed by atoms with Crippen molar-refractivity contribution < 1.29 is 18.0 Å². The van der Waals surface area contributed by atoms with E-state index in [2.05, 4.69) is 5.32 Å². The van der Waals surface area contributed by atoms with Gasteiger partial charge in [0.25, 0.3) is 0 Å². The van der Waals surface area contributed by atoms with E-state index in [0.29, 0.717) is 22.0 Å². The monoisotopic (exact) mass is 454 g/mol. The summed E-state index contributed by atoms with van der Waals surface area (Å²) in [5, 5.41) is 3.21. The second-order valence-corrected chi connectivity index (χ2v) is 9.53. The number of anilines is 2. The van der Waals surface area contributed by atoms with E-state index in [1.807, 2.05) is 30.3 Å². The summed E-state index contributed by atoms with van der Waals surface area (Å²) in [5.74, 6) is -3.26. The van der Waals surface area contributed by atoms with E-state index < -0.39 is 33.4 Å². The average Bonchev–Trinajstić information content (AvgIpc) is 2.82. The Hall–Kier alpha value is -3.16. The number of benzene rings is 3. The molecular weight excluding hydrogens is 436 g/mol. The van der Waals surface area contributed by atoms with Crippen LogP contribution in [0.1, 0.15) is 17.0 Å². The van der Waals surface area contributed by atoms with Crippen LogP contribution in [0.2, 0.25) is 5.02 Å². The topological polar surface area (TPSA) is 83.6 Å². The lowest BCUT2D eigenvalue weighted by Crippen LogP contribution is -2.34. The highest BCUT2D eigenvalue weighted by Gasteiger charge is 2.40. The van der Waals surface area contributed by atoms with Gasteiger partial charge in [0, 0.05) is 10.7 Å². The van der Waals surface area contributed by atoms with Gasteiger partial charge in [-0.2, -0.15) is 0 Å². The Kier molecular flexibility index (Phi) is 5.80. The average molecular weight is 455 g/mol. The van der Waals surface area contributed by atoms with Crippen molar-refractivity contribution >= 4 is 44.7 Å². The maximum atomic E-state index is 13.1. The Balaban J connectivity index is 1.75. The molecule has 8 heteroatoms. The smallest absolute Gasteiger partial charge is 0.242 e. The molecule has 0 saturated carbocycles. The van der Waals surface area contributed by atoms with Gasteiger partial charge in [-0.25, -0.2) is 8.42 Å². The number of nitrogens with one attached hydrogen (secondary N) is 1. The van der Waals surface area contributed by atoms with Gasteiger partial charge in [0.05, 0.1) is 12.2 Å². The molecule has 0 aromatic heterocycles. The molecule has 1 amide bonds. The second-order valence-electron chi connectivity index (χ2n) is 7.20. The van der Waals surface area contributed by atoms with Crippen LogP contribution in [0.3, 0.4) is 0 Å². The zero-order chi connectivity index (χ0) is 22.0. The number of fused-ring (bicyclic) bond motifs is 1. The summed E-state index contributed by atoms with van der Waals surface area (Å²) in [6.45, 7) is 0.0684. The molecule has 1 unspecified atom stereocenters. The lowest BCUT2D eigenvalue weighted by Gasteiger charge is -2.24. The number of rotatable bonds is 4. The summed E-state index contributed by atoms with van der Waals surface area (Å²) < 4.78 is 27.4. The molecular formula is C23H19ClN2O4S. The first kappa shape index (κ1) is 21.1. The number of carbonyl (C=O) groups excluding carboxylic acids is 2. The van der Waals surface area contributed by atoms with Crippen LogP contribution in [-0.4, -0.2) is 25.9 Å². The summed E-state index contributed by atoms with van der Waals surface area (Å²) in [6.07, 6.45) is 0. The minimum absolute atomic E-state index is 0.0684. The minimum atomic E-state index is -3.98. The number of nitrogens with zero attached hydrogens (tertiary/aromatic N) is 1. The van der Waals surface area contributed by atoms with Crippen molar-refractivity contribution in [2.75, 3.05) is 15.4 Å². The van der Waals surface area contributed by atoms with Crippen molar-refractivity contribution in [3.8, 4) is 0 Å². The van der Waals surface area contributed by atoms with Gasteiger partial charge in [-0.05, 0) is 41.5 Å². The third kappa shape index (κ3) is 4.47. The van der Waals surface area contributed by atoms with Crippen molar-refractivity contribution in [3.05, 3.63) is 95.0 Å². The van der Waals surface area contributed by atoms with Gasteiger partial charge in [-0.3, -0.25) is 13.9 Å². The number of Topliss-reactive ketones (excluding diaryl/α,β-unsaturated/α-hetero) is 1. The van der Waals surface area contributed by atoms with Crippen molar-refractivity contribution in [2.45, 2.75) is 12.5 Å². The zero-order valence-corrected chi connectivity index (χ0v) is 17.9. The lowest BCUT2D eigenvalue weighted by atomic mass is 9.92. The van der Waals surface area contributed by atoms with Crippen LogP contribution in [0.25, 0.3) is 0 Å². The number of amides is 1. The highest BCUT2D eigenvalue weighted by molar-refractivity contribution is 7.93. The fourth-order valence-corrected chi connectivity index (χ4v) is 5.21. The third-order valence-electron chi connectivity index (χ3n) is 5.04. The standard InChI is InChI=1S/C23H19ClN2O4S/c24-17-10-12-18(13-11-17)25-23(28)22-19-8-4-5-9-20(19)26(31(29,30)15-21(22)27)14-16-6-2-1-3-7-16/h1-13,22H,14-15H2,(H,25,28). The molecule has 1 aliphatic rings. The Bertz CT molecular complexity index is 1230. The quantitative estimate of drug-likeness (QED) is 0.604. The van der Waals surface area contributed by atoms with Crippen LogP contribution in [-0.2, 0) is 26.2 Å². The molecule has 158 valence electrons. The summed E-state index contributed by atoms with van der Waals surface area (Å²) >= 11 is 5.88. The van der Waals surface area contributed by atoms with Gasteiger partial charge >= 0.3 is 0 Å². The van der Waals surface area contributed by atoms with Gasteiger partial charge in [-0.15, -0.1) is 0 Å². The molecule has 4 rings (SSSR count). The van der Waals surface area contributed by atoms with E-state index in [0.717, 1.165) is 5.56 Å². The van der Waals surface area contributed by atoms with E-state index in [1.165, 1.54) is 4.31 Å². The Morgan fingerprint density at radius 1 is 0.968 bits per heavy atom. The molecule has 0 bridgehead atoms. The van der Waals surface area contributed by atoms with Gasteiger partial charge in [0.15, 0.2) is 5.78 Å². The van der Waals surface area contributed by atoms with Crippen LogP contribution in [0.5, 0.6) is 0 Å². The number of carbonyl (C=O) groups is 2.